The minimum absolute atomic E-state index is 0.110. The first kappa shape index (κ1) is 17.0. The third kappa shape index (κ3) is 4.55. The van der Waals surface area contributed by atoms with E-state index in [2.05, 4.69) is 23.2 Å². The zero-order valence-electron chi connectivity index (χ0n) is 14.0. The lowest BCUT2D eigenvalue weighted by molar-refractivity contribution is -0.116. The summed E-state index contributed by atoms with van der Waals surface area (Å²) < 4.78 is 5.21. The molecule has 1 heterocycles. The van der Waals surface area contributed by atoms with Gasteiger partial charge in [-0.2, -0.15) is 0 Å². The lowest BCUT2D eigenvalue weighted by Gasteiger charge is -2.17. The summed E-state index contributed by atoms with van der Waals surface area (Å²) in [5, 5.41) is 3.10. The number of rotatable bonds is 7. The molecule has 1 atom stereocenters. The molecule has 1 aliphatic rings. The second kappa shape index (κ2) is 8.30. The van der Waals surface area contributed by atoms with Gasteiger partial charge in [0, 0.05) is 32.3 Å². The van der Waals surface area contributed by atoms with Crippen LogP contribution in [-0.4, -0.2) is 44.2 Å². The number of anilines is 1. The van der Waals surface area contributed by atoms with E-state index in [0.29, 0.717) is 12.3 Å². The largest absolute Gasteiger partial charge is 0.384 e. The van der Waals surface area contributed by atoms with Crippen LogP contribution in [0.2, 0.25) is 0 Å². The summed E-state index contributed by atoms with van der Waals surface area (Å²) >= 11 is 0. The Bertz CT molecular complexity index is 502. The molecule has 1 aromatic carbocycles. The molecule has 1 aliphatic heterocycles. The third-order valence-corrected chi connectivity index (χ3v) is 4.43. The molecule has 1 aromatic rings. The van der Waals surface area contributed by atoms with E-state index in [-0.39, 0.29) is 5.91 Å². The number of carbonyl (C=O) groups excluding carboxylic acids is 1. The Kier molecular flexibility index (Phi) is 6.40. The van der Waals surface area contributed by atoms with Gasteiger partial charge in [0.2, 0.25) is 5.91 Å². The first-order chi connectivity index (χ1) is 10.6. The molecule has 4 heteroatoms. The quantitative estimate of drug-likeness (QED) is 0.842. The average molecular weight is 304 g/mol. The molecule has 0 bridgehead atoms. The van der Waals surface area contributed by atoms with Crippen molar-refractivity contribution in [2.24, 2.45) is 5.92 Å². The fraction of sp³-hybridized carbons (Fsp3) is 0.611. The van der Waals surface area contributed by atoms with Crippen molar-refractivity contribution >= 4 is 11.6 Å². The molecule has 1 N–H and O–H groups in total. The van der Waals surface area contributed by atoms with Gasteiger partial charge in [0.25, 0.3) is 0 Å². The van der Waals surface area contributed by atoms with Crippen molar-refractivity contribution in [1.82, 2.24) is 4.90 Å². The van der Waals surface area contributed by atoms with Crippen molar-refractivity contribution in [3.8, 4) is 0 Å². The number of hydrogen-bond acceptors (Lipinski definition) is 3. The molecule has 0 radical (unpaired) electrons. The van der Waals surface area contributed by atoms with Gasteiger partial charge < -0.3 is 15.0 Å². The average Bonchev–Trinajstić information content (AvgIpc) is 2.95. The molecule has 122 valence electrons. The Morgan fingerprint density at radius 1 is 1.45 bits per heavy atom. The predicted molar refractivity (Wildman–Crippen MR) is 90.2 cm³/mol. The Labute approximate surface area is 133 Å². The molecule has 0 saturated carbocycles. The van der Waals surface area contributed by atoms with Crippen LogP contribution in [0.4, 0.5) is 5.69 Å². The van der Waals surface area contributed by atoms with Gasteiger partial charge in [-0.25, -0.2) is 0 Å². The smallest absolute Gasteiger partial charge is 0.225 e. The highest BCUT2D eigenvalue weighted by molar-refractivity contribution is 5.92. The standard InChI is InChI=1S/C18H28N2O2/c1-4-16-7-5-6-14(2)18(16)19-17(21)9-11-20-10-8-15(12-20)13-22-3/h5-7,15H,4,8-13H2,1-3H3,(H,19,21)/t15-/m0/s1. The fourth-order valence-corrected chi connectivity index (χ4v) is 3.15. The minimum atomic E-state index is 0.110. The molecular formula is C18H28N2O2. The molecule has 0 aromatic heterocycles. The maximum atomic E-state index is 12.2. The summed E-state index contributed by atoms with van der Waals surface area (Å²) in [6.07, 6.45) is 2.66. The van der Waals surface area contributed by atoms with E-state index in [1.54, 1.807) is 7.11 Å². The van der Waals surface area contributed by atoms with Crippen LogP contribution in [0.3, 0.4) is 0 Å². The Morgan fingerprint density at radius 3 is 3.00 bits per heavy atom. The Hall–Kier alpha value is -1.39. The number of amides is 1. The number of para-hydroxylation sites is 1. The van der Waals surface area contributed by atoms with Crippen LogP contribution in [0, 0.1) is 12.8 Å². The van der Waals surface area contributed by atoms with Crippen molar-refractivity contribution in [2.75, 3.05) is 38.7 Å². The number of hydrogen-bond donors (Lipinski definition) is 1. The van der Waals surface area contributed by atoms with Crippen LogP contribution >= 0.6 is 0 Å². The number of benzene rings is 1. The van der Waals surface area contributed by atoms with Crippen LogP contribution in [0.1, 0.15) is 30.9 Å². The summed E-state index contributed by atoms with van der Waals surface area (Å²) in [5.74, 6) is 0.732. The van der Waals surface area contributed by atoms with E-state index < -0.39 is 0 Å². The van der Waals surface area contributed by atoms with Gasteiger partial charge in [-0.15, -0.1) is 0 Å². The predicted octanol–water partition coefficient (Wildman–Crippen LogP) is 2.85. The van der Waals surface area contributed by atoms with Gasteiger partial charge in [0.05, 0.1) is 6.61 Å². The summed E-state index contributed by atoms with van der Waals surface area (Å²) in [5.41, 5.74) is 3.33. The fourth-order valence-electron chi connectivity index (χ4n) is 3.15. The van der Waals surface area contributed by atoms with Crippen LogP contribution in [-0.2, 0) is 16.0 Å². The van der Waals surface area contributed by atoms with Gasteiger partial charge >= 0.3 is 0 Å². The monoisotopic (exact) mass is 304 g/mol. The molecule has 1 fully saturated rings. The number of methoxy groups -OCH3 is 1. The Morgan fingerprint density at radius 2 is 2.27 bits per heavy atom. The summed E-state index contributed by atoms with van der Waals surface area (Å²) in [4.78, 5) is 14.6. The zero-order chi connectivity index (χ0) is 15.9. The second-order valence-electron chi connectivity index (χ2n) is 6.17. The topological polar surface area (TPSA) is 41.6 Å². The lowest BCUT2D eigenvalue weighted by atomic mass is 10.1. The van der Waals surface area contributed by atoms with Gasteiger partial charge in [0.1, 0.15) is 0 Å². The highest BCUT2D eigenvalue weighted by Gasteiger charge is 2.22. The highest BCUT2D eigenvalue weighted by atomic mass is 16.5. The van der Waals surface area contributed by atoms with Crippen LogP contribution in [0.5, 0.6) is 0 Å². The van der Waals surface area contributed by atoms with Crippen molar-refractivity contribution in [1.29, 1.82) is 0 Å². The molecule has 2 rings (SSSR count). The van der Waals surface area contributed by atoms with Crippen molar-refractivity contribution in [2.45, 2.75) is 33.1 Å². The first-order valence-electron chi connectivity index (χ1n) is 8.23. The van der Waals surface area contributed by atoms with Gasteiger partial charge in [0.15, 0.2) is 0 Å². The summed E-state index contributed by atoms with van der Waals surface area (Å²) in [7, 11) is 1.75. The number of carbonyl (C=O) groups is 1. The van der Waals surface area contributed by atoms with E-state index in [1.807, 2.05) is 19.1 Å². The normalized spacial score (nSPS) is 18.6. The number of likely N-dealkylation sites (tertiary alicyclic amines) is 1. The summed E-state index contributed by atoms with van der Waals surface area (Å²) in [6.45, 7) is 7.94. The highest BCUT2D eigenvalue weighted by Crippen LogP contribution is 2.21. The van der Waals surface area contributed by atoms with Crippen molar-refractivity contribution < 1.29 is 9.53 Å². The SMILES string of the molecule is CCc1cccc(C)c1NC(=O)CCN1CC[C@H](COC)C1. The Balaban J connectivity index is 1.82. The van der Waals surface area contributed by atoms with Crippen LogP contribution in [0.25, 0.3) is 0 Å². The third-order valence-electron chi connectivity index (χ3n) is 4.43. The zero-order valence-corrected chi connectivity index (χ0v) is 14.0. The lowest BCUT2D eigenvalue weighted by Crippen LogP contribution is -2.26. The molecule has 0 spiro atoms. The van der Waals surface area contributed by atoms with Gasteiger partial charge in [-0.05, 0) is 43.4 Å². The molecule has 4 nitrogen and oxygen atoms in total. The van der Waals surface area contributed by atoms with Crippen molar-refractivity contribution in [3.63, 3.8) is 0 Å². The van der Waals surface area contributed by atoms with E-state index in [1.165, 1.54) is 12.0 Å². The van der Waals surface area contributed by atoms with E-state index in [4.69, 9.17) is 4.74 Å². The molecule has 1 saturated heterocycles. The number of nitrogens with one attached hydrogen (secondary N) is 1. The number of ether oxygens (including phenoxy) is 1. The molecular weight excluding hydrogens is 276 g/mol. The summed E-state index contributed by atoms with van der Waals surface area (Å²) in [6, 6.07) is 6.17. The van der Waals surface area contributed by atoms with Gasteiger partial charge in [-0.3, -0.25) is 4.79 Å². The van der Waals surface area contributed by atoms with Gasteiger partial charge in [-0.1, -0.05) is 25.1 Å². The van der Waals surface area contributed by atoms with E-state index >= 15 is 0 Å². The first-order valence-corrected chi connectivity index (χ1v) is 8.23. The molecule has 0 unspecified atom stereocenters. The molecule has 0 aliphatic carbocycles. The van der Waals surface area contributed by atoms with E-state index in [0.717, 1.165) is 43.9 Å². The number of nitrogens with zero attached hydrogens (tertiary/aromatic N) is 1. The number of aryl methyl sites for hydroxylation is 2. The van der Waals surface area contributed by atoms with E-state index in [9.17, 15) is 4.79 Å². The second-order valence-corrected chi connectivity index (χ2v) is 6.17. The maximum Gasteiger partial charge on any atom is 0.225 e. The van der Waals surface area contributed by atoms with Crippen LogP contribution < -0.4 is 5.32 Å². The maximum absolute atomic E-state index is 12.2. The minimum Gasteiger partial charge on any atom is -0.384 e. The van der Waals surface area contributed by atoms with Crippen LogP contribution in [0.15, 0.2) is 18.2 Å². The van der Waals surface area contributed by atoms with Crippen molar-refractivity contribution in [3.05, 3.63) is 29.3 Å². The molecule has 22 heavy (non-hydrogen) atoms. The molecule has 1 amide bonds.